The number of amides is 2. The van der Waals surface area contributed by atoms with Crippen molar-refractivity contribution in [1.29, 1.82) is 0 Å². The molecule has 0 aliphatic carbocycles. The molecule has 0 saturated carbocycles. The number of carbonyl (C=O) groups excluding carboxylic acids is 2. The van der Waals surface area contributed by atoms with Gasteiger partial charge in [0.15, 0.2) is 0 Å². The van der Waals surface area contributed by atoms with Gasteiger partial charge < -0.3 is 30.1 Å². The minimum absolute atomic E-state index is 0.00527. The Bertz CT molecular complexity index is 1390. The van der Waals surface area contributed by atoms with Crippen molar-refractivity contribution in [3.8, 4) is 5.88 Å². The van der Waals surface area contributed by atoms with Crippen LogP contribution in [0, 0.1) is 0 Å². The summed E-state index contributed by atoms with van der Waals surface area (Å²) >= 11 is 1.48. The van der Waals surface area contributed by atoms with Gasteiger partial charge in [0, 0.05) is 42.0 Å². The third-order valence-electron chi connectivity index (χ3n) is 7.10. The highest BCUT2D eigenvalue weighted by Crippen LogP contribution is 2.36. The number of carbonyl (C=O) groups is 2. The second-order valence-corrected chi connectivity index (χ2v) is 10.5. The van der Waals surface area contributed by atoms with E-state index >= 15 is 0 Å². The molecule has 2 fully saturated rings. The zero-order valence-electron chi connectivity index (χ0n) is 20.8. The molecule has 1 aromatic carbocycles. The number of nitrogens with one attached hydrogen (secondary N) is 2. The number of aliphatic hydroxyl groups excluding tert-OH is 1. The molecule has 3 atom stereocenters. The molecule has 2 aromatic heterocycles. The van der Waals surface area contributed by atoms with Crippen molar-refractivity contribution in [3.63, 3.8) is 0 Å². The third-order valence-corrected chi connectivity index (χ3v) is 8.17. The van der Waals surface area contributed by atoms with Gasteiger partial charge in [0.2, 0.25) is 11.8 Å². The molecule has 5 heterocycles. The molecule has 0 spiro atoms. The Kier molecular flexibility index (Phi) is 6.68. The quantitative estimate of drug-likeness (QED) is 0.413. The molecule has 0 radical (unpaired) electrons. The minimum atomic E-state index is -0.406. The lowest BCUT2D eigenvalue weighted by atomic mass is 10.1. The Balaban J connectivity index is 1.11. The number of aromatic nitrogens is 2. The number of cyclic esters (lactones) is 1. The largest absolute Gasteiger partial charge is 0.481 e. The first-order chi connectivity index (χ1) is 18.5. The molecule has 3 aromatic rings. The average Bonchev–Trinajstić information content (AvgIpc) is 3.53. The topological polar surface area (TPSA) is 129 Å². The highest BCUT2D eigenvalue weighted by Gasteiger charge is 2.36. The number of fused-ring (bicyclic) bond motifs is 2. The van der Waals surface area contributed by atoms with Gasteiger partial charge >= 0.3 is 6.09 Å². The first-order valence-electron chi connectivity index (χ1n) is 12.5. The Morgan fingerprint density at radius 1 is 1.24 bits per heavy atom. The monoisotopic (exact) mass is 536 g/mol. The molecule has 3 N–H and O–H groups in total. The molecule has 2 amide bonds. The summed E-state index contributed by atoms with van der Waals surface area (Å²) in [5.74, 6) is 0.852. The summed E-state index contributed by atoms with van der Waals surface area (Å²) < 4.78 is 10.9. The fourth-order valence-electron chi connectivity index (χ4n) is 5.25. The Morgan fingerprint density at radius 3 is 2.97 bits per heavy atom. The zero-order valence-corrected chi connectivity index (χ0v) is 21.6. The fourth-order valence-corrected chi connectivity index (χ4v) is 6.04. The lowest BCUT2D eigenvalue weighted by Crippen LogP contribution is -2.39. The van der Waals surface area contributed by atoms with Gasteiger partial charge in [0.05, 0.1) is 48.9 Å². The van der Waals surface area contributed by atoms with Crippen LogP contribution in [-0.4, -0.2) is 84.4 Å². The van der Waals surface area contributed by atoms with Crippen LogP contribution in [-0.2, 0) is 9.53 Å². The van der Waals surface area contributed by atoms with Crippen molar-refractivity contribution in [2.75, 3.05) is 54.2 Å². The molecule has 3 aliphatic rings. The molecule has 0 bridgehead atoms. The maximum atomic E-state index is 12.6. The number of methoxy groups -OCH3 is 1. The predicted molar refractivity (Wildman–Crippen MR) is 144 cm³/mol. The van der Waals surface area contributed by atoms with E-state index < -0.39 is 6.09 Å². The van der Waals surface area contributed by atoms with Gasteiger partial charge in [0.1, 0.15) is 11.6 Å². The van der Waals surface area contributed by atoms with Crippen molar-refractivity contribution < 1.29 is 24.2 Å². The van der Waals surface area contributed by atoms with Crippen LogP contribution < -0.4 is 25.2 Å². The van der Waals surface area contributed by atoms with Crippen molar-refractivity contribution in [2.45, 2.75) is 29.5 Å². The standard InChI is InChI=1S/C26H28N6O5S/c1-36-24-5-3-19-25(30-24)21(6-7-27-19)31-11-15(8-17(31)13-33)28-10-18-12-32(26(35)37-18)16-2-4-22-20(9-16)29-23(34)14-38-22/h2-7,9,15,17-18,28,33H,8,10-14H2,1H3,(H,29,34)/t15-,17+,18-/m1/s1. The molecule has 38 heavy (non-hydrogen) atoms. The Morgan fingerprint density at radius 2 is 2.13 bits per heavy atom. The molecule has 6 rings (SSSR count). The number of hydrogen-bond acceptors (Lipinski definition) is 10. The van der Waals surface area contributed by atoms with Gasteiger partial charge in [0.25, 0.3) is 0 Å². The summed E-state index contributed by atoms with van der Waals surface area (Å²) in [6.07, 6.45) is 1.75. The second kappa shape index (κ2) is 10.3. The molecule has 0 unspecified atom stereocenters. The number of rotatable bonds is 7. The van der Waals surface area contributed by atoms with Crippen LogP contribution >= 0.6 is 11.8 Å². The average molecular weight is 537 g/mol. The number of anilines is 3. The Hall–Kier alpha value is -3.61. The minimum Gasteiger partial charge on any atom is -0.481 e. The van der Waals surface area contributed by atoms with E-state index in [1.54, 1.807) is 24.3 Å². The van der Waals surface area contributed by atoms with Crippen LogP contribution in [0.25, 0.3) is 11.0 Å². The summed E-state index contributed by atoms with van der Waals surface area (Å²) in [4.78, 5) is 38.2. The number of nitrogens with zero attached hydrogens (tertiary/aromatic N) is 4. The van der Waals surface area contributed by atoms with Gasteiger partial charge in [-0.15, -0.1) is 11.8 Å². The van der Waals surface area contributed by atoms with Crippen LogP contribution in [0.3, 0.4) is 0 Å². The van der Waals surface area contributed by atoms with Gasteiger partial charge in [-0.3, -0.25) is 14.7 Å². The van der Waals surface area contributed by atoms with Crippen LogP contribution in [0.15, 0.2) is 47.5 Å². The third kappa shape index (κ3) is 4.70. The summed E-state index contributed by atoms with van der Waals surface area (Å²) in [6.45, 7) is 1.56. The number of thioether (sulfide) groups is 1. The fraction of sp³-hybridized carbons (Fsp3) is 0.385. The second-order valence-electron chi connectivity index (χ2n) is 9.51. The number of aliphatic hydroxyl groups is 1. The van der Waals surface area contributed by atoms with E-state index in [0.717, 1.165) is 33.7 Å². The lowest BCUT2D eigenvalue weighted by Gasteiger charge is -2.26. The zero-order chi connectivity index (χ0) is 26.2. The van der Waals surface area contributed by atoms with E-state index in [1.807, 2.05) is 30.3 Å². The van der Waals surface area contributed by atoms with Crippen LogP contribution in [0.4, 0.5) is 21.9 Å². The van der Waals surface area contributed by atoms with E-state index in [0.29, 0.717) is 37.0 Å². The lowest BCUT2D eigenvalue weighted by molar-refractivity contribution is -0.113. The van der Waals surface area contributed by atoms with E-state index in [1.165, 1.54) is 11.8 Å². The SMILES string of the molecule is COc1ccc2nccc(N3C[C@H](NC[C@@H]4CN(c5ccc6c(c5)NC(=O)CS6)C(=O)O4)C[C@H]3CO)c2n1. The summed E-state index contributed by atoms with van der Waals surface area (Å²) in [7, 11) is 1.58. The van der Waals surface area contributed by atoms with E-state index in [4.69, 9.17) is 9.47 Å². The highest BCUT2D eigenvalue weighted by molar-refractivity contribution is 8.00. The first-order valence-corrected chi connectivity index (χ1v) is 13.5. The summed E-state index contributed by atoms with van der Waals surface area (Å²) in [5, 5.41) is 16.5. The Labute approximate surface area is 223 Å². The van der Waals surface area contributed by atoms with Crippen molar-refractivity contribution in [1.82, 2.24) is 15.3 Å². The van der Waals surface area contributed by atoms with Crippen LogP contribution in [0.5, 0.6) is 5.88 Å². The summed E-state index contributed by atoms with van der Waals surface area (Å²) in [6, 6.07) is 11.2. The molecule has 12 heteroatoms. The molecule has 198 valence electrons. The van der Waals surface area contributed by atoms with Gasteiger partial charge in [-0.2, -0.15) is 0 Å². The van der Waals surface area contributed by atoms with Crippen molar-refractivity contribution in [2.24, 2.45) is 0 Å². The molecular formula is C26H28N6O5S. The smallest absolute Gasteiger partial charge is 0.414 e. The number of ether oxygens (including phenoxy) is 2. The summed E-state index contributed by atoms with van der Waals surface area (Å²) in [5.41, 5.74) is 3.79. The maximum Gasteiger partial charge on any atom is 0.414 e. The number of pyridine rings is 2. The predicted octanol–water partition coefficient (Wildman–Crippen LogP) is 2.24. The first kappa shape index (κ1) is 24.7. The van der Waals surface area contributed by atoms with Gasteiger partial charge in [-0.1, -0.05) is 0 Å². The highest BCUT2D eigenvalue weighted by atomic mass is 32.2. The maximum absolute atomic E-state index is 12.6. The number of hydrogen-bond donors (Lipinski definition) is 3. The van der Waals surface area contributed by atoms with E-state index in [2.05, 4.69) is 25.5 Å². The van der Waals surface area contributed by atoms with E-state index in [9.17, 15) is 14.7 Å². The van der Waals surface area contributed by atoms with Gasteiger partial charge in [-0.05, 0) is 36.8 Å². The number of benzene rings is 1. The molecular weight excluding hydrogens is 508 g/mol. The molecule has 3 aliphatic heterocycles. The van der Waals surface area contributed by atoms with Crippen LogP contribution in [0.1, 0.15) is 6.42 Å². The van der Waals surface area contributed by atoms with E-state index in [-0.39, 0.29) is 30.7 Å². The van der Waals surface area contributed by atoms with Crippen molar-refractivity contribution in [3.05, 3.63) is 42.6 Å². The molecule has 11 nitrogen and oxygen atoms in total. The molecule has 2 saturated heterocycles. The van der Waals surface area contributed by atoms with Crippen molar-refractivity contribution >= 4 is 51.9 Å². The van der Waals surface area contributed by atoms with Crippen LogP contribution in [0.2, 0.25) is 0 Å². The van der Waals surface area contributed by atoms with Gasteiger partial charge in [-0.25, -0.2) is 9.78 Å². The normalized spacial score (nSPS) is 22.9.